The third kappa shape index (κ3) is 5.67. The van der Waals surface area contributed by atoms with E-state index in [4.69, 9.17) is 9.90 Å². The van der Waals surface area contributed by atoms with Crippen molar-refractivity contribution in [3.8, 4) is 0 Å². The van der Waals surface area contributed by atoms with Crippen LogP contribution in [-0.4, -0.2) is 53.7 Å². The number of nitrogens with zero attached hydrogens (tertiary/aromatic N) is 6. The number of aliphatic carboxylic acids is 1. The summed E-state index contributed by atoms with van der Waals surface area (Å²) in [5.41, 5.74) is 0. The molecule has 26 heavy (non-hydrogen) atoms. The monoisotopic (exact) mass is 379 g/mol. The fourth-order valence-corrected chi connectivity index (χ4v) is 3.60. The van der Waals surface area contributed by atoms with Crippen molar-refractivity contribution < 1.29 is 9.90 Å². The summed E-state index contributed by atoms with van der Waals surface area (Å²) in [6.07, 6.45) is 5.84. The second-order valence-corrected chi connectivity index (χ2v) is 6.87. The number of thioether (sulfide) groups is 1. The van der Waals surface area contributed by atoms with Gasteiger partial charge in [0.1, 0.15) is 18.0 Å². The van der Waals surface area contributed by atoms with Gasteiger partial charge in [-0.05, 0) is 25.9 Å². The third-order valence-corrected chi connectivity index (χ3v) is 4.86. The zero-order valence-electron chi connectivity index (χ0n) is 15.1. The van der Waals surface area contributed by atoms with Crippen LogP contribution in [0.1, 0.15) is 37.3 Å². The van der Waals surface area contributed by atoms with E-state index in [1.54, 1.807) is 18.1 Å². The number of hydrogen-bond donors (Lipinski definition) is 2. The Morgan fingerprint density at radius 2 is 2.12 bits per heavy atom. The highest BCUT2D eigenvalue weighted by molar-refractivity contribution is 7.98. The van der Waals surface area contributed by atoms with Gasteiger partial charge in [-0.1, -0.05) is 17.8 Å². The number of hydrogen-bond acceptors (Lipinski definition) is 7. The van der Waals surface area contributed by atoms with E-state index in [2.05, 4.69) is 36.9 Å². The molecule has 0 amide bonds. The van der Waals surface area contributed by atoms with E-state index >= 15 is 0 Å². The average Bonchev–Trinajstić information content (AvgIpc) is 3.20. The summed E-state index contributed by atoms with van der Waals surface area (Å²) in [5.74, 6) is 2.40. The lowest BCUT2D eigenvalue weighted by Gasteiger charge is -2.22. The highest BCUT2D eigenvalue weighted by Gasteiger charge is 2.23. The van der Waals surface area contributed by atoms with Gasteiger partial charge in [-0.25, -0.2) is 0 Å². The maximum absolute atomic E-state index is 9.00. The predicted octanol–water partition coefficient (Wildman–Crippen LogP) is 1.44. The molecular formula is C16H25N7O2S. The van der Waals surface area contributed by atoms with Crippen molar-refractivity contribution in [2.24, 2.45) is 7.05 Å². The van der Waals surface area contributed by atoms with Crippen LogP contribution in [0.4, 0.5) is 0 Å². The standard InChI is InChI=1S/C14H21N7S.C2H4O2/c1-3-8-21-13(11-4-6-15-7-5-11)18-19-14(21)22-9-12-17-16-10-20(12)2;1-2(3)4/h3,10-11,15H,1,4-9H2,2H3;1H3,(H,3,4). The normalized spacial score (nSPS) is 14.5. The fraction of sp³-hybridized carbons (Fsp3) is 0.562. The molecule has 2 aromatic heterocycles. The molecule has 2 N–H and O–H groups in total. The fourth-order valence-electron chi connectivity index (χ4n) is 2.66. The Morgan fingerprint density at radius 3 is 2.69 bits per heavy atom. The first-order chi connectivity index (χ1) is 12.5. The Balaban J connectivity index is 0.000000552. The summed E-state index contributed by atoms with van der Waals surface area (Å²) in [6.45, 7) is 7.79. The van der Waals surface area contributed by atoms with Crippen LogP contribution < -0.4 is 5.32 Å². The summed E-state index contributed by atoms with van der Waals surface area (Å²) >= 11 is 1.65. The number of carboxylic acids is 1. The van der Waals surface area contributed by atoms with Crippen molar-refractivity contribution in [1.29, 1.82) is 0 Å². The first-order valence-electron chi connectivity index (χ1n) is 8.42. The van der Waals surface area contributed by atoms with Gasteiger partial charge in [0.25, 0.3) is 5.97 Å². The zero-order valence-corrected chi connectivity index (χ0v) is 15.9. The van der Waals surface area contributed by atoms with Crippen LogP contribution in [0.2, 0.25) is 0 Å². The minimum absolute atomic E-state index is 0.484. The van der Waals surface area contributed by atoms with E-state index in [1.165, 1.54) is 0 Å². The maximum atomic E-state index is 9.00. The van der Waals surface area contributed by atoms with Crippen LogP contribution in [0, 0.1) is 0 Å². The molecule has 0 unspecified atom stereocenters. The van der Waals surface area contributed by atoms with E-state index < -0.39 is 5.97 Å². The van der Waals surface area contributed by atoms with Crippen LogP contribution in [-0.2, 0) is 24.1 Å². The number of allylic oxidation sites excluding steroid dienone is 1. The van der Waals surface area contributed by atoms with E-state index in [0.29, 0.717) is 5.92 Å². The van der Waals surface area contributed by atoms with Gasteiger partial charge in [-0.3, -0.25) is 4.79 Å². The lowest BCUT2D eigenvalue weighted by atomic mass is 9.97. The number of piperidine rings is 1. The Morgan fingerprint density at radius 1 is 1.42 bits per heavy atom. The molecule has 2 aromatic rings. The van der Waals surface area contributed by atoms with Crippen LogP contribution >= 0.6 is 11.8 Å². The molecule has 0 spiro atoms. The van der Waals surface area contributed by atoms with Gasteiger partial charge in [0.2, 0.25) is 0 Å². The summed E-state index contributed by atoms with van der Waals surface area (Å²) < 4.78 is 4.11. The highest BCUT2D eigenvalue weighted by atomic mass is 32.2. The number of nitrogens with one attached hydrogen (secondary N) is 1. The van der Waals surface area contributed by atoms with E-state index in [-0.39, 0.29) is 0 Å². The largest absolute Gasteiger partial charge is 0.481 e. The molecule has 10 heteroatoms. The second-order valence-electron chi connectivity index (χ2n) is 5.93. The Labute approximate surface area is 156 Å². The molecule has 3 rings (SSSR count). The number of aryl methyl sites for hydroxylation is 1. The average molecular weight is 379 g/mol. The minimum Gasteiger partial charge on any atom is -0.481 e. The molecule has 1 aliphatic heterocycles. The van der Waals surface area contributed by atoms with Gasteiger partial charge in [0.15, 0.2) is 5.16 Å². The Kier molecular flexibility index (Phi) is 7.79. The summed E-state index contributed by atoms with van der Waals surface area (Å²) in [7, 11) is 1.95. The summed E-state index contributed by atoms with van der Waals surface area (Å²) in [6, 6.07) is 0. The van der Waals surface area contributed by atoms with Crippen LogP contribution in [0.15, 0.2) is 24.1 Å². The van der Waals surface area contributed by atoms with E-state index in [9.17, 15) is 0 Å². The molecule has 0 aromatic carbocycles. The third-order valence-electron chi connectivity index (χ3n) is 3.90. The number of carboxylic acid groups (broad SMARTS) is 1. The summed E-state index contributed by atoms with van der Waals surface area (Å²) in [5, 5.41) is 28.6. The molecule has 0 saturated carbocycles. The molecule has 1 aliphatic rings. The van der Waals surface area contributed by atoms with Crippen molar-refractivity contribution in [3.63, 3.8) is 0 Å². The van der Waals surface area contributed by atoms with Gasteiger partial charge < -0.3 is 19.6 Å². The highest BCUT2D eigenvalue weighted by Crippen LogP contribution is 2.28. The van der Waals surface area contributed by atoms with Gasteiger partial charge in [0, 0.05) is 26.4 Å². The Bertz CT molecular complexity index is 718. The molecule has 1 fully saturated rings. The zero-order chi connectivity index (χ0) is 18.9. The lowest BCUT2D eigenvalue weighted by Crippen LogP contribution is -2.28. The van der Waals surface area contributed by atoms with Gasteiger partial charge in [0.05, 0.1) is 5.75 Å². The number of rotatable bonds is 6. The van der Waals surface area contributed by atoms with Crippen molar-refractivity contribution in [1.82, 2.24) is 34.8 Å². The molecule has 9 nitrogen and oxygen atoms in total. The number of aromatic nitrogens is 6. The molecule has 0 atom stereocenters. The smallest absolute Gasteiger partial charge is 0.300 e. The van der Waals surface area contributed by atoms with Crippen LogP contribution in [0.3, 0.4) is 0 Å². The molecule has 142 valence electrons. The quantitative estimate of drug-likeness (QED) is 0.573. The van der Waals surface area contributed by atoms with E-state index in [0.717, 1.165) is 62.0 Å². The lowest BCUT2D eigenvalue weighted by molar-refractivity contribution is -0.134. The first-order valence-corrected chi connectivity index (χ1v) is 9.41. The molecular weight excluding hydrogens is 354 g/mol. The second kappa shape index (κ2) is 10.1. The maximum Gasteiger partial charge on any atom is 0.300 e. The Hall–Kier alpha value is -2.20. The van der Waals surface area contributed by atoms with Crippen LogP contribution in [0.25, 0.3) is 0 Å². The van der Waals surface area contributed by atoms with Crippen molar-refractivity contribution in [2.75, 3.05) is 13.1 Å². The SMILES string of the molecule is C=CCn1c(SCc2nncn2C)nnc1C1CCNCC1.CC(=O)O. The molecule has 0 aliphatic carbocycles. The van der Waals surface area contributed by atoms with Gasteiger partial charge in [-0.2, -0.15) is 0 Å². The molecule has 0 radical (unpaired) electrons. The van der Waals surface area contributed by atoms with Gasteiger partial charge in [-0.15, -0.1) is 27.0 Å². The number of carbonyl (C=O) groups is 1. The molecule has 1 saturated heterocycles. The minimum atomic E-state index is -0.833. The topological polar surface area (TPSA) is 111 Å². The van der Waals surface area contributed by atoms with Crippen LogP contribution in [0.5, 0.6) is 0 Å². The molecule has 3 heterocycles. The first kappa shape index (κ1) is 20.1. The van der Waals surface area contributed by atoms with Crippen molar-refractivity contribution in [2.45, 2.75) is 43.1 Å². The van der Waals surface area contributed by atoms with Gasteiger partial charge >= 0.3 is 0 Å². The van der Waals surface area contributed by atoms with Crippen molar-refractivity contribution in [3.05, 3.63) is 30.6 Å². The summed E-state index contributed by atoms with van der Waals surface area (Å²) in [4.78, 5) is 9.00. The van der Waals surface area contributed by atoms with E-state index in [1.807, 2.05) is 17.7 Å². The van der Waals surface area contributed by atoms with Crippen molar-refractivity contribution >= 4 is 17.7 Å². The predicted molar refractivity (Wildman–Crippen MR) is 98.9 cm³/mol. The molecule has 0 bridgehead atoms.